The minimum atomic E-state index is -0.804. The van der Waals surface area contributed by atoms with Crippen LogP contribution in [0.15, 0.2) is 12.1 Å². The zero-order valence-corrected chi connectivity index (χ0v) is 7.26. The fourth-order valence-corrected chi connectivity index (χ4v) is 1.01. The van der Waals surface area contributed by atoms with Crippen molar-refractivity contribution in [2.24, 2.45) is 0 Å². The number of phenolic OH excluding ortho intramolecular Hbond substituents is 1. The van der Waals surface area contributed by atoms with Crippen LogP contribution in [0.1, 0.15) is 10.4 Å². The highest BCUT2D eigenvalue weighted by atomic mass is 16.6. The molecule has 1 N–H and O–H groups in total. The molecule has 6 heteroatoms. The molecule has 0 spiro atoms. The third-order valence-corrected chi connectivity index (χ3v) is 1.67. The molecule has 0 unspecified atom stereocenters. The normalized spacial score (nSPS) is 9.50. The number of rotatable bonds is 3. The Morgan fingerprint density at radius 3 is 2.64 bits per heavy atom. The number of carbonyl (C=O) groups excluding carboxylic acids is 1. The summed E-state index contributed by atoms with van der Waals surface area (Å²) in [6.07, 6.45) is 0.335. The van der Waals surface area contributed by atoms with E-state index in [9.17, 15) is 20.0 Å². The van der Waals surface area contributed by atoms with Crippen molar-refractivity contribution in [3.8, 4) is 11.5 Å². The Morgan fingerprint density at radius 2 is 2.21 bits per heavy atom. The number of phenols is 1. The van der Waals surface area contributed by atoms with Gasteiger partial charge in [0, 0.05) is 0 Å². The number of nitro benzene ring substituents is 1. The van der Waals surface area contributed by atoms with Crippen molar-refractivity contribution in [3.63, 3.8) is 0 Å². The number of carbonyl (C=O) groups is 1. The number of nitrogens with zero attached hydrogens (tertiary/aromatic N) is 1. The molecular weight excluding hydrogens is 190 g/mol. The molecule has 0 fully saturated rings. The van der Waals surface area contributed by atoms with Crippen LogP contribution >= 0.6 is 0 Å². The number of aldehydes is 1. The fourth-order valence-electron chi connectivity index (χ4n) is 1.01. The summed E-state index contributed by atoms with van der Waals surface area (Å²) in [5.41, 5.74) is -0.741. The minimum Gasteiger partial charge on any atom is -0.501 e. The maximum Gasteiger partial charge on any atom is 0.352 e. The van der Waals surface area contributed by atoms with Crippen LogP contribution in [0, 0.1) is 10.1 Å². The molecule has 1 aromatic rings. The van der Waals surface area contributed by atoms with E-state index < -0.39 is 16.4 Å². The summed E-state index contributed by atoms with van der Waals surface area (Å²) in [5, 5.41) is 19.8. The number of hydrogen-bond donors (Lipinski definition) is 1. The van der Waals surface area contributed by atoms with E-state index in [1.807, 2.05) is 0 Å². The van der Waals surface area contributed by atoms with E-state index in [0.29, 0.717) is 6.29 Å². The van der Waals surface area contributed by atoms with Crippen LogP contribution in [0.5, 0.6) is 11.5 Å². The molecule has 0 bridgehead atoms. The number of hydrogen-bond acceptors (Lipinski definition) is 5. The van der Waals surface area contributed by atoms with Gasteiger partial charge < -0.3 is 9.84 Å². The quantitative estimate of drug-likeness (QED) is 0.445. The lowest BCUT2D eigenvalue weighted by atomic mass is 10.2. The molecule has 0 radical (unpaired) electrons. The molecule has 0 saturated carbocycles. The standard InChI is InChI=1S/C8H7NO5/c1-14-6-3-2-5(4-10)8(11)7(6)9(12)13/h2-4,11H,1H3. The topological polar surface area (TPSA) is 89.7 Å². The maximum absolute atomic E-state index is 10.5. The average molecular weight is 197 g/mol. The van der Waals surface area contributed by atoms with Crippen LogP contribution in [0.3, 0.4) is 0 Å². The van der Waals surface area contributed by atoms with Crippen molar-refractivity contribution < 1.29 is 19.6 Å². The Hall–Kier alpha value is -2.11. The Labute approximate surface area is 78.9 Å². The second-order valence-corrected chi connectivity index (χ2v) is 2.43. The SMILES string of the molecule is COc1ccc(C=O)c(O)c1[N+](=O)[O-]. The third-order valence-electron chi connectivity index (χ3n) is 1.67. The molecule has 14 heavy (non-hydrogen) atoms. The number of nitro groups is 1. The Balaban J connectivity index is 3.46. The van der Waals surface area contributed by atoms with Crippen molar-refractivity contribution in [2.45, 2.75) is 0 Å². The molecule has 0 saturated heterocycles. The molecule has 0 aromatic heterocycles. The number of ether oxygens (including phenoxy) is 1. The Morgan fingerprint density at radius 1 is 1.57 bits per heavy atom. The summed E-state index contributed by atoms with van der Waals surface area (Å²) in [4.78, 5) is 20.1. The lowest BCUT2D eigenvalue weighted by Gasteiger charge is -2.03. The van der Waals surface area contributed by atoms with E-state index in [4.69, 9.17) is 0 Å². The first kappa shape index (κ1) is 9.97. The summed E-state index contributed by atoms with van der Waals surface area (Å²) >= 11 is 0. The van der Waals surface area contributed by atoms with Crippen LogP contribution in [0.2, 0.25) is 0 Å². The second-order valence-electron chi connectivity index (χ2n) is 2.43. The highest BCUT2D eigenvalue weighted by molar-refractivity contribution is 5.83. The number of methoxy groups -OCH3 is 1. The van der Waals surface area contributed by atoms with E-state index in [2.05, 4.69) is 4.74 Å². The van der Waals surface area contributed by atoms with E-state index in [1.165, 1.54) is 19.2 Å². The van der Waals surface area contributed by atoms with Crippen molar-refractivity contribution in [1.82, 2.24) is 0 Å². The van der Waals surface area contributed by atoms with E-state index in [0.717, 1.165) is 0 Å². The summed E-state index contributed by atoms with van der Waals surface area (Å²) in [6.45, 7) is 0. The van der Waals surface area contributed by atoms with Crippen LogP contribution in [0.25, 0.3) is 0 Å². The predicted octanol–water partition coefficient (Wildman–Crippen LogP) is 1.12. The first-order valence-electron chi connectivity index (χ1n) is 3.61. The monoisotopic (exact) mass is 197 g/mol. The molecule has 0 amide bonds. The zero-order valence-electron chi connectivity index (χ0n) is 7.26. The number of aromatic hydroxyl groups is 1. The highest BCUT2D eigenvalue weighted by Crippen LogP contribution is 2.37. The van der Waals surface area contributed by atoms with Gasteiger partial charge in [0.2, 0.25) is 11.5 Å². The van der Waals surface area contributed by atoms with Crippen LogP contribution < -0.4 is 4.74 Å². The lowest BCUT2D eigenvalue weighted by molar-refractivity contribution is -0.386. The van der Waals surface area contributed by atoms with Gasteiger partial charge in [-0.2, -0.15) is 0 Å². The van der Waals surface area contributed by atoms with Gasteiger partial charge in [-0.1, -0.05) is 0 Å². The molecule has 0 atom stereocenters. The summed E-state index contributed by atoms with van der Waals surface area (Å²) in [7, 11) is 1.24. The predicted molar refractivity (Wildman–Crippen MR) is 46.7 cm³/mol. The van der Waals surface area contributed by atoms with Gasteiger partial charge in [0.25, 0.3) is 0 Å². The minimum absolute atomic E-state index is 0.0851. The summed E-state index contributed by atoms with van der Waals surface area (Å²) in [5.74, 6) is -0.762. The second kappa shape index (κ2) is 3.73. The highest BCUT2D eigenvalue weighted by Gasteiger charge is 2.23. The van der Waals surface area contributed by atoms with E-state index in [1.54, 1.807) is 0 Å². The van der Waals surface area contributed by atoms with Gasteiger partial charge in [0.05, 0.1) is 17.6 Å². The van der Waals surface area contributed by atoms with Crippen molar-refractivity contribution in [3.05, 3.63) is 27.8 Å². The molecular formula is C8H7NO5. The summed E-state index contributed by atoms with van der Waals surface area (Å²) < 4.78 is 4.67. The van der Waals surface area contributed by atoms with Crippen LogP contribution in [-0.2, 0) is 0 Å². The average Bonchev–Trinajstić information content (AvgIpc) is 2.16. The van der Waals surface area contributed by atoms with Gasteiger partial charge in [0.15, 0.2) is 6.29 Å². The van der Waals surface area contributed by atoms with Gasteiger partial charge in [-0.05, 0) is 12.1 Å². The van der Waals surface area contributed by atoms with Crippen molar-refractivity contribution >= 4 is 12.0 Å². The first-order valence-corrected chi connectivity index (χ1v) is 3.61. The van der Waals surface area contributed by atoms with Crippen molar-refractivity contribution in [2.75, 3.05) is 7.11 Å². The van der Waals surface area contributed by atoms with Gasteiger partial charge in [0.1, 0.15) is 0 Å². The summed E-state index contributed by atoms with van der Waals surface area (Å²) in [6, 6.07) is 2.50. The maximum atomic E-state index is 10.5. The van der Waals surface area contributed by atoms with E-state index >= 15 is 0 Å². The third kappa shape index (κ3) is 1.49. The van der Waals surface area contributed by atoms with Crippen LogP contribution in [0.4, 0.5) is 5.69 Å². The molecule has 0 aliphatic carbocycles. The fraction of sp³-hybridized carbons (Fsp3) is 0.125. The van der Waals surface area contributed by atoms with Gasteiger partial charge in [-0.25, -0.2) is 0 Å². The first-order chi connectivity index (χ1) is 6.61. The Bertz CT molecular complexity index is 388. The number of benzene rings is 1. The molecule has 0 aliphatic heterocycles. The van der Waals surface area contributed by atoms with Crippen molar-refractivity contribution in [1.29, 1.82) is 0 Å². The van der Waals surface area contributed by atoms with Crippen LogP contribution in [-0.4, -0.2) is 23.4 Å². The Kier molecular flexibility index (Phi) is 2.66. The zero-order chi connectivity index (χ0) is 10.7. The van der Waals surface area contributed by atoms with Gasteiger partial charge in [-0.15, -0.1) is 0 Å². The molecule has 1 aromatic carbocycles. The van der Waals surface area contributed by atoms with E-state index in [-0.39, 0.29) is 11.3 Å². The lowest BCUT2D eigenvalue weighted by Crippen LogP contribution is -1.96. The van der Waals surface area contributed by atoms with Gasteiger partial charge in [-0.3, -0.25) is 14.9 Å². The molecule has 0 aliphatic rings. The van der Waals surface area contributed by atoms with Gasteiger partial charge >= 0.3 is 5.69 Å². The molecule has 1 rings (SSSR count). The largest absolute Gasteiger partial charge is 0.501 e. The molecule has 0 heterocycles. The smallest absolute Gasteiger partial charge is 0.352 e. The molecule has 74 valence electrons. The molecule has 6 nitrogen and oxygen atoms in total.